The molecule has 5 heteroatoms. The van der Waals surface area contributed by atoms with Crippen LogP contribution in [0, 0.1) is 6.92 Å². The van der Waals surface area contributed by atoms with Crippen molar-refractivity contribution in [3.63, 3.8) is 0 Å². The SMILES string of the molecule is Cc1cc2c(Br)csc2cc1C(F)(F)F. The van der Waals surface area contributed by atoms with Crippen LogP contribution >= 0.6 is 27.3 Å². The van der Waals surface area contributed by atoms with Gasteiger partial charge in [-0.1, -0.05) is 0 Å². The highest BCUT2D eigenvalue weighted by atomic mass is 79.9. The van der Waals surface area contributed by atoms with Crippen LogP contribution in [0.2, 0.25) is 0 Å². The number of alkyl halides is 3. The normalized spacial score (nSPS) is 12.3. The van der Waals surface area contributed by atoms with Crippen molar-refractivity contribution in [2.24, 2.45) is 0 Å². The molecule has 0 aliphatic rings. The monoisotopic (exact) mass is 294 g/mol. The van der Waals surface area contributed by atoms with Crippen molar-refractivity contribution < 1.29 is 13.2 Å². The lowest BCUT2D eigenvalue weighted by Gasteiger charge is -2.10. The molecule has 0 unspecified atom stereocenters. The Bertz CT molecular complexity index is 513. The van der Waals surface area contributed by atoms with Crippen LogP contribution in [0.1, 0.15) is 11.1 Å². The zero-order chi connectivity index (χ0) is 11.2. The van der Waals surface area contributed by atoms with Crippen molar-refractivity contribution in [1.82, 2.24) is 0 Å². The van der Waals surface area contributed by atoms with Crippen LogP contribution in [-0.2, 0) is 6.18 Å². The van der Waals surface area contributed by atoms with Gasteiger partial charge in [0, 0.05) is 19.9 Å². The first kappa shape index (κ1) is 11.0. The standard InChI is InChI=1S/C10H6BrF3S/c1-5-2-6-8(11)4-15-9(6)3-7(5)10(12,13)14/h2-4H,1H3. The summed E-state index contributed by atoms with van der Waals surface area (Å²) in [5, 5.41) is 2.63. The Balaban J connectivity index is 2.74. The third kappa shape index (κ3) is 1.90. The van der Waals surface area contributed by atoms with Crippen molar-refractivity contribution in [2.45, 2.75) is 13.1 Å². The van der Waals surface area contributed by atoms with E-state index in [9.17, 15) is 13.2 Å². The summed E-state index contributed by atoms with van der Waals surface area (Å²) >= 11 is 4.61. The highest BCUT2D eigenvalue weighted by Gasteiger charge is 2.32. The second-order valence-electron chi connectivity index (χ2n) is 3.24. The molecule has 0 N–H and O–H groups in total. The first-order valence-corrected chi connectivity index (χ1v) is 5.81. The molecule has 80 valence electrons. The van der Waals surface area contributed by atoms with E-state index in [-0.39, 0.29) is 5.56 Å². The molecule has 2 rings (SSSR count). The van der Waals surface area contributed by atoms with Gasteiger partial charge in [-0.15, -0.1) is 11.3 Å². The maximum absolute atomic E-state index is 12.6. The number of benzene rings is 1. The molecule has 0 spiro atoms. The molecule has 0 saturated carbocycles. The van der Waals surface area contributed by atoms with Crippen molar-refractivity contribution in [3.8, 4) is 0 Å². The average Bonchev–Trinajstić information content (AvgIpc) is 2.45. The van der Waals surface area contributed by atoms with E-state index >= 15 is 0 Å². The van der Waals surface area contributed by atoms with Gasteiger partial charge in [0.05, 0.1) is 5.56 Å². The summed E-state index contributed by atoms with van der Waals surface area (Å²) in [5.74, 6) is 0. The maximum atomic E-state index is 12.6. The molecular formula is C10H6BrF3S. The van der Waals surface area contributed by atoms with Crippen LogP contribution in [-0.4, -0.2) is 0 Å². The number of rotatable bonds is 0. The number of fused-ring (bicyclic) bond motifs is 1. The molecule has 2 aromatic rings. The Hall–Kier alpha value is -0.550. The Morgan fingerprint density at radius 2 is 1.93 bits per heavy atom. The second-order valence-corrected chi connectivity index (χ2v) is 5.01. The molecule has 0 nitrogen and oxygen atoms in total. The van der Waals surface area contributed by atoms with Gasteiger partial charge in [-0.3, -0.25) is 0 Å². The zero-order valence-electron chi connectivity index (χ0n) is 7.65. The molecule has 15 heavy (non-hydrogen) atoms. The van der Waals surface area contributed by atoms with Crippen molar-refractivity contribution >= 4 is 37.4 Å². The number of hydrogen-bond donors (Lipinski definition) is 0. The lowest BCUT2D eigenvalue weighted by molar-refractivity contribution is -0.137. The second kappa shape index (κ2) is 3.49. The predicted octanol–water partition coefficient (Wildman–Crippen LogP) is 4.99. The lowest BCUT2D eigenvalue weighted by Crippen LogP contribution is -2.06. The first-order chi connectivity index (χ1) is 6.89. The van der Waals surface area contributed by atoms with E-state index in [0.29, 0.717) is 4.70 Å². The average molecular weight is 295 g/mol. The molecular weight excluding hydrogens is 289 g/mol. The Kier molecular flexibility index (Phi) is 2.55. The summed E-state index contributed by atoms with van der Waals surface area (Å²) in [6, 6.07) is 2.78. The van der Waals surface area contributed by atoms with Gasteiger partial charge < -0.3 is 0 Å². The van der Waals surface area contributed by atoms with E-state index in [1.165, 1.54) is 24.3 Å². The molecule has 0 radical (unpaired) electrons. The highest BCUT2D eigenvalue weighted by Crippen LogP contribution is 2.38. The number of thiophene rings is 1. The number of halogens is 4. The minimum absolute atomic E-state index is 0.258. The Labute approximate surface area is 96.8 Å². The van der Waals surface area contributed by atoms with Gasteiger partial charge in [-0.2, -0.15) is 13.2 Å². The zero-order valence-corrected chi connectivity index (χ0v) is 10.1. The highest BCUT2D eigenvalue weighted by molar-refractivity contribution is 9.10. The maximum Gasteiger partial charge on any atom is 0.416 e. The summed E-state index contributed by atoms with van der Waals surface area (Å²) < 4.78 is 39.2. The summed E-state index contributed by atoms with van der Waals surface area (Å²) in [6.45, 7) is 1.48. The number of aryl methyl sites for hydroxylation is 1. The van der Waals surface area contributed by atoms with Crippen LogP contribution < -0.4 is 0 Å². The quantitative estimate of drug-likeness (QED) is 0.642. The molecule has 0 aliphatic heterocycles. The van der Waals surface area contributed by atoms with E-state index in [1.54, 1.807) is 11.4 Å². The molecule has 0 atom stereocenters. The predicted molar refractivity (Wildman–Crippen MR) is 59.3 cm³/mol. The van der Waals surface area contributed by atoms with Crippen molar-refractivity contribution in [1.29, 1.82) is 0 Å². The fourth-order valence-corrected chi connectivity index (χ4v) is 3.04. The summed E-state index contributed by atoms with van der Waals surface area (Å²) in [4.78, 5) is 0. The van der Waals surface area contributed by atoms with Crippen LogP contribution in [0.5, 0.6) is 0 Å². The molecule has 1 heterocycles. The molecule has 1 aromatic heterocycles. The molecule has 0 aliphatic carbocycles. The summed E-state index contributed by atoms with van der Waals surface area (Å²) in [7, 11) is 0. The third-order valence-corrected chi connectivity index (χ3v) is 4.08. The van der Waals surface area contributed by atoms with Gasteiger partial charge in [0.25, 0.3) is 0 Å². The van der Waals surface area contributed by atoms with Gasteiger partial charge in [0.1, 0.15) is 0 Å². The Morgan fingerprint density at radius 3 is 2.53 bits per heavy atom. The number of hydrogen-bond acceptors (Lipinski definition) is 1. The molecule has 0 bridgehead atoms. The van der Waals surface area contributed by atoms with Gasteiger partial charge in [-0.25, -0.2) is 0 Å². The fourth-order valence-electron chi connectivity index (χ4n) is 1.46. The van der Waals surface area contributed by atoms with Gasteiger partial charge in [-0.05, 0) is 40.5 Å². The molecule has 0 amide bonds. The van der Waals surface area contributed by atoms with Crippen molar-refractivity contribution in [2.75, 3.05) is 0 Å². The minimum atomic E-state index is -4.27. The van der Waals surface area contributed by atoms with Gasteiger partial charge >= 0.3 is 6.18 Å². The van der Waals surface area contributed by atoms with Gasteiger partial charge in [0.2, 0.25) is 0 Å². The smallest absolute Gasteiger partial charge is 0.166 e. The molecule has 0 saturated heterocycles. The summed E-state index contributed by atoms with van der Waals surface area (Å²) in [6.07, 6.45) is -4.27. The minimum Gasteiger partial charge on any atom is -0.166 e. The first-order valence-electron chi connectivity index (χ1n) is 4.14. The van der Waals surface area contributed by atoms with Gasteiger partial charge in [0.15, 0.2) is 0 Å². The fraction of sp³-hybridized carbons (Fsp3) is 0.200. The van der Waals surface area contributed by atoms with E-state index in [2.05, 4.69) is 15.9 Å². The van der Waals surface area contributed by atoms with E-state index in [1.807, 2.05) is 0 Å². The van der Waals surface area contributed by atoms with E-state index in [4.69, 9.17) is 0 Å². The molecule has 1 aromatic carbocycles. The van der Waals surface area contributed by atoms with Crippen LogP contribution in [0.15, 0.2) is 22.0 Å². The van der Waals surface area contributed by atoms with Crippen LogP contribution in [0.4, 0.5) is 13.2 Å². The summed E-state index contributed by atoms with van der Waals surface area (Å²) in [5.41, 5.74) is -0.293. The lowest BCUT2D eigenvalue weighted by atomic mass is 10.1. The van der Waals surface area contributed by atoms with Crippen LogP contribution in [0.25, 0.3) is 10.1 Å². The topological polar surface area (TPSA) is 0 Å². The van der Waals surface area contributed by atoms with Crippen LogP contribution in [0.3, 0.4) is 0 Å². The van der Waals surface area contributed by atoms with E-state index in [0.717, 1.165) is 9.86 Å². The molecule has 0 fully saturated rings. The Morgan fingerprint density at radius 1 is 1.27 bits per heavy atom. The van der Waals surface area contributed by atoms with Crippen molar-refractivity contribution in [3.05, 3.63) is 33.1 Å². The van der Waals surface area contributed by atoms with E-state index < -0.39 is 11.7 Å². The third-order valence-electron chi connectivity index (χ3n) is 2.18. The largest absolute Gasteiger partial charge is 0.416 e.